The monoisotopic (exact) mass is 304 g/mol. The summed E-state index contributed by atoms with van der Waals surface area (Å²) >= 11 is 0. The first-order chi connectivity index (χ1) is 9.82. The number of ether oxygens (including phenoxy) is 1. The van der Waals surface area contributed by atoms with E-state index in [9.17, 15) is 18.0 Å². The van der Waals surface area contributed by atoms with Crippen LogP contribution in [0.5, 0.6) is 0 Å². The van der Waals surface area contributed by atoms with Gasteiger partial charge in [-0.2, -0.15) is 13.2 Å². The fraction of sp³-hybridized carbons (Fsp3) is 0.538. The number of amides is 1. The molecule has 1 aliphatic heterocycles. The van der Waals surface area contributed by atoms with Gasteiger partial charge in [0.25, 0.3) is 5.91 Å². The topological polar surface area (TPSA) is 62.7 Å². The second-order valence-corrected chi connectivity index (χ2v) is 4.88. The van der Waals surface area contributed by atoms with Crippen molar-refractivity contribution in [2.24, 2.45) is 0 Å². The van der Waals surface area contributed by atoms with E-state index in [1.54, 1.807) is 6.92 Å². The van der Waals surface area contributed by atoms with E-state index in [0.29, 0.717) is 6.20 Å². The summed E-state index contributed by atoms with van der Waals surface area (Å²) < 4.78 is 44.1. The Morgan fingerprint density at radius 3 is 2.86 bits per heavy atom. The van der Waals surface area contributed by atoms with Crippen LogP contribution in [0.3, 0.4) is 0 Å². The van der Waals surface area contributed by atoms with Gasteiger partial charge in [-0.15, -0.1) is 0 Å². The van der Waals surface area contributed by atoms with Crippen molar-refractivity contribution in [3.63, 3.8) is 0 Å². The third-order valence-electron chi connectivity index (χ3n) is 3.17. The maximum atomic E-state index is 12.9. The van der Waals surface area contributed by atoms with Gasteiger partial charge >= 0.3 is 6.18 Å². The molecule has 0 radical (unpaired) electrons. The Labute approximate surface area is 119 Å². The number of aliphatic hydroxyl groups excluding tert-OH is 1. The third kappa shape index (κ3) is 3.51. The second-order valence-electron chi connectivity index (χ2n) is 4.88. The number of hydrogen-bond acceptors (Lipinski definition) is 4. The Morgan fingerprint density at radius 1 is 1.52 bits per heavy atom. The molecule has 1 N–H and O–H groups in total. The van der Waals surface area contributed by atoms with Crippen molar-refractivity contribution >= 4 is 5.91 Å². The Kier molecular flexibility index (Phi) is 4.48. The summed E-state index contributed by atoms with van der Waals surface area (Å²) in [4.78, 5) is 17.0. The van der Waals surface area contributed by atoms with Gasteiger partial charge in [0.2, 0.25) is 0 Å². The fourth-order valence-electron chi connectivity index (χ4n) is 2.29. The Hall–Kier alpha value is -1.67. The zero-order chi connectivity index (χ0) is 15.6. The first-order valence-corrected chi connectivity index (χ1v) is 6.39. The lowest BCUT2D eigenvalue weighted by Gasteiger charge is -2.36. The van der Waals surface area contributed by atoms with Crippen molar-refractivity contribution in [1.82, 2.24) is 9.88 Å². The van der Waals surface area contributed by atoms with E-state index < -0.39 is 29.3 Å². The average Bonchev–Trinajstić information content (AvgIpc) is 2.45. The van der Waals surface area contributed by atoms with E-state index in [4.69, 9.17) is 9.84 Å². The maximum absolute atomic E-state index is 12.9. The van der Waals surface area contributed by atoms with Gasteiger partial charge in [0, 0.05) is 25.5 Å². The van der Waals surface area contributed by atoms with Crippen molar-refractivity contribution in [1.29, 1.82) is 0 Å². The first kappa shape index (κ1) is 15.7. The normalized spacial score (nSPS) is 23.2. The molecule has 0 unspecified atom stereocenters. The van der Waals surface area contributed by atoms with Crippen LogP contribution < -0.4 is 0 Å². The number of halogens is 3. The SMILES string of the molecule is C[C@H]1CN(C(=O)c2ccncc2C(F)(F)F)C[C@H](CO)O1. The van der Waals surface area contributed by atoms with Crippen LogP contribution in [0.1, 0.15) is 22.8 Å². The number of carbonyl (C=O) groups is 1. The lowest BCUT2D eigenvalue weighted by Crippen LogP contribution is -2.50. The van der Waals surface area contributed by atoms with Crippen LogP contribution in [-0.4, -0.2) is 52.8 Å². The number of hydrogen-bond donors (Lipinski definition) is 1. The molecule has 0 saturated carbocycles. The molecule has 0 aliphatic carbocycles. The molecule has 5 nitrogen and oxygen atoms in total. The van der Waals surface area contributed by atoms with Gasteiger partial charge in [-0.1, -0.05) is 0 Å². The molecule has 1 fully saturated rings. The maximum Gasteiger partial charge on any atom is 0.418 e. The number of alkyl halides is 3. The van der Waals surface area contributed by atoms with E-state index in [1.807, 2.05) is 0 Å². The molecule has 1 aromatic rings. The summed E-state index contributed by atoms with van der Waals surface area (Å²) in [6, 6.07) is 1.05. The van der Waals surface area contributed by atoms with Crippen molar-refractivity contribution < 1.29 is 27.8 Å². The molecule has 2 atom stereocenters. The van der Waals surface area contributed by atoms with Crippen LogP contribution in [0, 0.1) is 0 Å². The van der Waals surface area contributed by atoms with Crippen LogP contribution in [0.25, 0.3) is 0 Å². The van der Waals surface area contributed by atoms with Crippen LogP contribution in [-0.2, 0) is 10.9 Å². The fourth-order valence-corrected chi connectivity index (χ4v) is 2.29. The summed E-state index contributed by atoms with van der Waals surface area (Å²) in [7, 11) is 0. The minimum absolute atomic E-state index is 0.0549. The van der Waals surface area contributed by atoms with Crippen LogP contribution in [0.2, 0.25) is 0 Å². The smallest absolute Gasteiger partial charge is 0.394 e. The molecule has 0 aromatic carbocycles. The number of carbonyl (C=O) groups excluding carboxylic acids is 1. The van der Waals surface area contributed by atoms with Crippen molar-refractivity contribution in [2.75, 3.05) is 19.7 Å². The highest BCUT2D eigenvalue weighted by molar-refractivity contribution is 5.95. The predicted octanol–water partition coefficient (Wildman–Crippen LogP) is 1.32. The third-order valence-corrected chi connectivity index (χ3v) is 3.17. The second kappa shape index (κ2) is 5.98. The van der Waals surface area contributed by atoms with Gasteiger partial charge in [0.1, 0.15) is 0 Å². The van der Waals surface area contributed by atoms with E-state index >= 15 is 0 Å². The van der Waals surface area contributed by atoms with E-state index in [2.05, 4.69) is 4.98 Å². The Morgan fingerprint density at radius 2 is 2.24 bits per heavy atom. The standard InChI is InChI=1S/C13H15F3N2O3/c1-8-5-18(6-9(7-19)21-8)12(20)10-2-3-17-4-11(10)13(14,15)16/h2-4,8-9,19H,5-7H2,1H3/t8-,9+/m0/s1. The van der Waals surface area contributed by atoms with E-state index in [0.717, 1.165) is 12.3 Å². The van der Waals surface area contributed by atoms with Gasteiger partial charge < -0.3 is 14.7 Å². The Balaban J connectivity index is 2.28. The number of morpholine rings is 1. The van der Waals surface area contributed by atoms with Crippen molar-refractivity contribution in [3.8, 4) is 0 Å². The minimum atomic E-state index is -4.65. The molecule has 21 heavy (non-hydrogen) atoms. The molecule has 116 valence electrons. The first-order valence-electron chi connectivity index (χ1n) is 6.39. The van der Waals surface area contributed by atoms with Crippen molar-refractivity contribution in [3.05, 3.63) is 29.6 Å². The molecule has 0 spiro atoms. The highest BCUT2D eigenvalue weighted by Gasteiger charge is 2.38. The lowest BCUT2D eigenvalue weighted by atomic mass is 10.1. The van der Waals surface area contributed by atoms with Crippen LogP contribution in [0.15, 0.2) is 18.5 Å². The van der Waals surface area contributed by atoms with Gasteiger partial charge in [-0.05, 0) is 13.0 Å². The molecule has 2 heterocycles. The van der Waals surface area contributed by atoms with E-state index in [1.165, 1.54) is 4.90 Å². The van der Waals surface area contributed by atoms with Gasteiger partial charge in [-0.25, -0.2) is 0 Å². The molecule has 1 saturated heterocycles. The number of pyridine rings is 1. The van der Waals surface area contributed by atoms with Gasteiger partial charge in [0.05, 0.1) is 29.9 Å². The summed E-state index contributed by atoms with van der Waals surface area (Å²) in [6.07, 6.45) is -3.80. The highest BCUT2D eigenvalue weighted by Crippen LogP contribution is 2.32. The molecular weight excluding hydrogens is 289 g/mol. The van der Waals surface area contributed by atoms with E-state index in [-0.39, 0.29) is 25.8 Å². The van der Waals surface area contributed by atoms with Crippen LogP contribution in [0.4, 0.5) is 13.2 Å². The summed E-state index contributed by atoms with van der Waals surface area (Å²) in [5.74, 6) is -0.738. The molecule has 8 heteroatoms. The number of aliphatic hydroxyl groups is 1. The molecule has 2 rings (SSSR count). The molecule has 0 bridgehead atoms. The summed E-state index contributed by atoms with van der Waals surface area (Å²) in [6.45, 7) is 1.63. The number of aromatic nitrogens is 1. The van der Waals surface area contributed by atoms with Crippen molar-refractivity contribution in [2.45, 2.75) is 25.3 Å². The minimum Gasteiger partial charge on any atom is -0.394 e. The highest BCUT2D eigenvalue weighted by atomic mass is 19.4. The molecular formula is C13H15F3N2O3. The zero-order valence-corrected chi connectivity index (χ0v) is 11.3. The quantitative estimate of drug-likeness (QED) is 0.895. The van der Waals surface area contributed by atoms with Gasteiger partial charge in [0.15, 0.2) is 0 Å². The number of nitrogens with zero attached hydrogens (tertiary/aromatic N) is 2. The summed E-state index contributed by atoms with van der Waals surface area (Å²) in [5, 5.41) is 9.11. The number of rotatable bonds is 2. The average molecular weight is 304 g/mol. The summed E-state index contributed by atoms with van der Waals surface area (Å²) in [5.41, 5.74) is -1.50. The molecule has 1 amide bonds. The largest absolute Gasteiger partial charge is 0.418 e. The molecule has 1 aliphatic rings. The molecule has 1 aromatic heterocycles. The van der Waals surface area contributed by atoms with Gasteiger partial charge in [-0.3, -0.25) is 9.78 Å². The lowest BCUT2D eigenvalue weighted by molar-refractivity contribution is -0.138. The zero-order valence-electron chi connectivity index (χ0n) is 11.3. The Bertz CT molecular complexity index is 522. The predicted molar refractivity (Wildman–Crippen MR) is 66.6 cm³/mol. The van der Waals surface area contributed by atoms with Crippen LogP contribution >= 0.6 is 0 Å².